The van der Waals surface area contributed by atoms with Gasteiger partial charge >= 0.3 is 0 Å². The zero-order chi connectivity index (χ0) is 15.3. The van der Waals surface area contributed by atoms with E-state index in [4.69, 9.17) is 4.55 Å². The SMILES string of the molecule is C=CCCCCCCCCC(=O)NCCCS(=O)(=O)O. The second kappa shape index (κ2) is 11.9. The maximum atomic E-state index is 11.4. The largest absolute Gasteiger partial charge is 0.356 e. The summed E-state index contributed by atoms with van der Waals surface area (Å²) in [4.78, 5) is 11.4. The number of rotatable bonds is 13. The lowest BCUT2D eigenvalue weighted by atomic mass is 10.1. The summed E-state index contributed by atoms with van der Waals surface area (Å²) in [5.41, 5.74) is 0. The third kappa shape index (κ3) is 15.2. The Labute approximate surface area is 122 Å². The summed E-state index contributed by atoms with van der Waals surface area (Å²) in [5, 5.41) is 2.65. The van der Waals surface area contributed by atoms with Gasteiger partial charge in [0.05, 0.1) is 5.75 Å². The number of hydrogen-bond acceptors (Lipinski definition) is 3. The third-order valence-corrected chi connectivity index (χ3v) is 3.77. The Balaban J connectivity index is 3.30. The highest BCUT2D eigenvalue weighted by atomic mass is 32.2. The number of unbranched alkanes of at least 4 members (excludes halogenated alkanes) is 6. The molecular formula is C14H27NO4S. The fraction of sp³-hybridized carbons (Fsp3) is 0.786. The lowest BCUT2D eigenvalue weighted by molar-refractivity contribution is -0.121. The van der Waals surface area contributed by atoms with Crippen LogP contribution in [-0.2, 0) is 14.9 Å². The summed E-state index contributed by atoms with van der Waals surface area (Å²) in [6, 6.07) is 0. The predicted octanol–water partition coefficient (Wildman–Crippen LogP) is 2.69. The summed E-state index contributed by atoms with van der Waals surface area (Å²) in [7, 11) is -3.91. The van der Waals surface area contributed by atoms with Gasteiger partial charge in [-0.05, 0) is 25.7 Å². The normalized spacial score (nSPS) is 11.2. The highest BCUT2D eigenvalue weighted by Gasteiger charge is 2.05. The van der Waals surface area contributed by atoms with E-state index in [9.17, 15) is 13.2 Å². The van der Waals surface area contributed by atoms with Gasteiger partial charge < -0.3 is 5.32 Å². The fourth-order valence-electron chi connectivity index (χ4n) is 1.85. The molecule has 0 aromatic heterocycles. The molecule has 0 radical (unpaired) electrons. The number of allylic oxidation sites excluding steroid dienone is 1. The quantitative estimate of drug-likeness (QED) is 0.311. The number of hydrogen-bond donors (Lipinski definition) is 2. The van der Waals surface area contributed by atoms with E-state index >= 15 is 0 Å². The number of carbonyl (C=O) groups is 1. The Morgan fingerprint density at radius 1 is 1.05 bits per heavy atom. The molecule has 0 rings (SSSR count). The predicted molar refractivity (Wildman–Crippen MR) is 81.2 cm³/mol. The van der Waals surface area contributed by atoms with Crippen LogP contribution in [0.4, 0.5) is 0 Å². The van der Waals surface area contributed by atoms with Crippen LogP contribution in [0.25, 0.3) is 0 Å². The van der Waals surface area contributed by atoms with E-state index in [0.717, 1.165) is 25.7 Å². The molecule has 0 aliphatic carbocycles. The van der Waals surface area contributed by atoms with Crippen LogP contribution < -0.4 is 5.32 Å². The van der Waals surface area contributed by atoms with Gasteiger partial charge in [-0.25, -0.2) is 0 Å². The molecule has 5 nitrogen and oxygen atoms in total. The Hall–Kier alpha value is -0.880. The average Bonchev–Trinajstić information content (AvgIpc) is 2.37. The van der Waals surface area contributed by atoms with Gasteiger partial charge in [0.1, 0.15) is 0 Å². The maximum absolute atomic E-state index is 11.4. The molecular weight excluding hydrogens is 278 g/mol. The molecule has 0 saturated heterocycles. The Morgan fingerprint density at radius 3 is 2.25 bits per heavy atom. The summed E-state index contributed by atoms with van der Waals surface area (Å²) in [6.45, 7) is 3.97. The average molecular weight is 305 g/mol. The van der Waals surface area contributed by atoms with Crippen LogP contribution in [0.5, 0.6) is 0 Å². The fourth-order valence-corrected chi connectivity index (χ4v) is 2.36. The van der Waals surface area contributed by atoms with Gasteiger partial charge in [-0.2, -0.15) is 8.42 Å². The van der Waals surface area contributed by atoms with Crippen molar-refractivity contribution in [2.45, 2.75) is 57.8 Å². The van der Waals surface area contributed by atoms with Crippen molar-refractivity contribution in [2.24, 2.45) is 0 Å². The van der Waals surface area contributed by atoms with Crippen LogP contribution in [0, 0.1) is 0 Å². The first-order chi connectivity index (χ1) is 9.45. The van der Waals surface area contributed by atoms with Crippen molar-refractivity contribution < 1.29 is 17.8 Å². The van der Waals surface area contributed by atoms with E-state index in [1.807, 2.05) is 6.08 Å². The Kier molecular flexibility index (Phi) is 11.4. The van der Waals surface area contributed by atoms with E-state index in [1.165, 1.54) is 19.3 Å². The molecule has 0 bridgehead atoms. The molecule has 0 fully saturated rings. The van der Waals surface area contributed by atoms with Crippen molar-refractivity contribution >= 4 is 16.0 Å². The van der Waals surface area contributed by atoms with E-state index in [2.05, 4.69) is 11.9 Å². The second-order valence-corrected chi connectivity index (χ2v) is 6.51. The number of carbonyl (C=O) groups excluding carboxylic acids is 1. The lowest BCUT2D eigenvalue weighted by Gasteiger charge is -2.04. The molecule has 0 atom stereocenters. The van der Waals surface area contributed by atoms with Gasteiger partial charge in [0, 0.05) is 13.0 Å². The topological polar surface area (TPSA) is 83.5 Å². The van der Waals surface area contributed by atoms with Crippen molar-refractivity contribution in [1.29, 1.82) is 0 Å². The summed E-state index contributed by atoms with van der Waals surface area (Å²) >= 11 is 0. The molecule has 0 saturated carbocycles. The number of amides is 1. The summed E-state index contributed by atoms with van der Waals surface area (Å²) < 4.78 is 29.4. The monoisotopic (exact) mass is 305 g/mol. The van der Waals surface area contributed by atoms with E-state index in [1.54, 1.807) is 0 Å². The van der Waals surface area contributed by atoms with Gasteiger partial charge in [-0.3, -0.25) is 9.35 Å². The number of nitrogens with one attached hydrogen (secondary N) is 1. The third-order valence-electron chi connectivity index (χ3n) is 2.96. The zero-order valence-electron chi connectivity index (χ0n) is 12.1. The molecule has 0 unspecified atom stereocenters. The van der Waals surface area contributed by atoms with Crippen LogP contribution in [0.15, 0.2) is 12.7 Å². The van der Waals surface area contributed by atoms with E-state index < -0.39 is 10.1 Å². The second-order valence-electron chi connectivity index (χ2n) is 4.94. The molecule has 0 spiro atoms. The van der Waals surface area contributed by atoms with Crippen molar-refractivity contribution in [3.63, 3.8) is 0 Å². The van der Waals surface area contributed by atoms with Gasteiger partial charge in [0.2, 0.25) is 5.91 Å². The van der Waals surface area contributed by atoms with E-state index in [0.29, 0.717) is 13.0 Å². The first-order valence-corrected chi connectivity index (χ1v) is 8.89. The smallest absolute Gasteiger partial charge is 0.264 e. The molecule has 0 aromatic rings. The molecule has 118 valence electrons. The molecule has 0 heterocycles. The van der Waals surface area contributed by atoms with Gasteiger partial charge in [0.15, 0.2) is 0 Å². The molecule has 0 aliphatic rings. The van der Waals surface area contributed by atoms with Crippen molar-refractivity contribution in [3.8, 4) is 0 Å². The van der Waals surface area contributed by atoms with Crippen LogP contribution in [0.2, 0.25) is 0 Å². The molecule has 2 N–H and O–H groups in total. The minimum atomic E-state index is -3.91. The first-order valence-electron chi connectivity index (χ1n) is 7.28. The zero-order valence-corrected chi connectivity index (χ0v) is 13.0. The summed E-state index contributed by atoms with van der Waals surface area (Å²) in [5.74, 6) is -0.357. The van der Waals surface area contributed by atoms with Crippen molar-refractivity contribution in [3.05, 3.63) is 12.7 Å². The van der Waals surface area contributed by atoms with Crippen LogP contribution in [-0.4, -0.2) is 31.2 Å². The molecule has 6 heteroatoms. The van der Waals surface area contributed by atoms with Crippen molar-refractivity contribution in [2.75, 3.05) is 12.3 Å². The highest BCUT2D eigenvalue weighted by Crippen LogP contribution is 2.08. The van der Waals surface area contributed by atoms with Crippen molar-refractivity contribution in [1.82, 2.24) is 5.32 Å². The van der Waals surface area contributed by atoms with Crippen LogP contribution in [0.3, 0.4) is 0 Å². The molecule has 0 aliphatic heterocycles. The minimum Gasteiger partial charge on any atom is -0.356 e. The van der Waals surface area contributed by atoms with Gasteiger partial charge in [-0.15, -0.1) is 6.58 Å². The van der Waals surface area contributed by atoms with E-state index in [-0.39, 0.29) is 18.1 Å². The highest BCUT2D eigenvalue weighted by molar-refractivity contribution is 7.85. The van der Waals surface area contributed by atoms with Crippen LogP contribution >= 0.6 is 0 Å². The van der Waals surface area contributed by atoms with Crippen LogP contribution in [0.1, 0.15) is 57.8 Å². The first kappa shape index (κ1) is 19.1. The van der Waals surface area contributed by atoms with Gasteiger partial charge in [-0.1, -0.05) is 31.8 Å². The maximum Gasteiger partial charge on any atom is 0.264 e. The molecule has 0 aromatic carbocycles. The lowest BCUT2D eigenvalue weighted by Crippen LogP contribution is -2.25. The van der Waals surface area contributed by atoms with Gasteiger partial charge in [0.25, 0.3) is 10.1 Å². The Bertz CT molecular complexity index is 365. The standard InChI is InChI=1S/C14H27NO4S/c1-2-3-4-5-6-7-8-9-11-14(16)15-12-10-13-20(17,18)19/h2H,1,3-13H2,(H,15,16)(H,17,18,19). The minimum absolute atomic E-state index is 0.0491. The summed E-state index contributed by atoms with van der Waals surface area (Å²) in [6.07, 6.45) is 10.4. The molecule has 1 amide bonds. The molecule has 20 heavy (non-hydrogen) atoms. The Morgan fingerprint density at radius 2 is 1.65 bits per heavy atom.